The lowest BCUT2D eigenvalue weighted by atomic mass is 10.1. The van der Waals surface area contributed by atoms with E-state index in [1.165, 1.54) is 5.56 Å². The zero-order valence-corrected chi connectivity index (χ0v) is 11.3. The zero-order chi connectivity index (χ0) is 12.7. The number of nitrogens with one attached hydrogen (secondary N) is 1. The summed E-state index contributed by atoms with van der Waals surface area (Å²) in [5.41, 5.74) is 1.28. The Kier molecular flexibility index (Phi) is 6.19. The van der Waals surface area contributed by atoms with E-state index in [9.17, 15) is 0 Å². The molecule has 3 heteroatoms. The van der Waals surface area contributed by atoms with Crippen molar-refractivity contribution >= 4 is 0 Å². The van der Waals surface area contributed by atoms with Gasteiger partial charge in [0, 0.05) is 19.7 Å². The molecule has 0 radical (unpaired) electrons. The van der Waals surface area contributed by atoms with E-state index < -0.39 is 0 Å². The monoisotopic (exact) mass is 236 g/mol. The molecular weight excluding hydrogens is 212 g/mol. The van der Waals surface area contributed by atoms with Crippen LogP contribution in [-0.2, 0) is 4.74 Å². The first kappa shape index (κ1) is 14.2. The van der Waals surface area contributed by atoms with Crippen molar-refractivity contribution in [3.05, 3.63) is 35.9 Å². The summed E-state index contributed by atoms with van der Waals surface area (Å²) in [6.45, 7) is 3.86. The number of methoxy groups -OCH3 is 1. The molecule has 1 rings (SSSR count). The second-order valence-electron chi connectivity index (χ2n) is 4.64. The van der Waals surface area contributed by atoms with Crippen molar-refractivity contribution in [1.82, 2.24) is 10.2 Å². The molecule has 2 unspecified atom stereocenters. The van der Waals surface area contributed by atoms with Crippen LogP contribution in [0.1, 0.15) is 18.5 Å². The fourth-order valence-corrected chi connectivity index (χ4v) is 1.62. The maximum Gasteiger partial charge on any atom is 0.0657 e. The molecule has 0 bridgehead atoms. The summed E-state index contributed by atoms with van der Waals surface area (Å²) in [5, 5.41) is 3.55. The van der Waals surface area contributed by atoms with E-state index in [2.05, 4.69) is 55.5 Å². The van der Waals surface area contributed by atoms with Gasteiger partial charge in [-0.25, -0.2) is 0 Å². The van der Waals surface area contributed by atoms with Crippen LogP contribution in [0.15, 0.2) is 30.3 Å². The third kappa shape index (κ3) is 4.86. The molecule has 0 aliphatic carbocycles. The van der Waals surface area contributed by atoms with Crippen LogP contribution in [0.5, 0.6) is 0 Å². The predicted molar refractivity (Wildman–Crippen MR) is 72.2 cm³/mol. The maximum atomic E-state index is 5.28. The van der Waals surface area contributed by atoms with Gasteiger partial charge in [0.15, 0.2) is 0 Å². The van der Waals surface area contributed by atoms with Crippen LogP contribution < -0.4 is 5.32 Å². The number of hydrogen-bond acceptors (Lipinski definition) is 3. The molecule has 1 aromatic carbocycles. The van der Waals surface area contributed by atoms with E-state index >= 15 is 0 Å². The topological polar surface area (TPSA) is 24.5 Å². The molecule has 2 atom stereocenters. The van der Waals surface area contributed by atoms with Crippen LogP contribution in [0.25, 0.3) is 0 Å². The van der Waals surface area contributed by atoms with Crippen LogP contribution in [0.2, 0.25) is 0 Å². The smallest absolute Gasteiger partial charge is 0.0657 e. The first-order chi connectivity index (χ1) is 8.15. The molecule has 1 aromatic rings. The van der Waals surface area contributed by atoms with Crippen LogP contribution >= 0.6 is 0 Å². The van der Waals surface area contributed by atoms with Gasteiger partial charge in [-0.3, -0.25) is 0 Å². The van der Waals surface area contributed by atoms with Crippen molar-refractivity contribution in [1.29, 1.82) is 0 Å². The number of rotatable bonds is 7. The summed E-state index contributed by atoms with van der Waals surface area (Å²) in [6, 6.07) is 11.2. The Morgan fingerprint density at radius 3 is 2.41 bits per heavy atom. The third-order valence-electron chi connectivity index (χ3n) is 3.08. The second-order valence-corrected chi connectivity index (χ2v) is 4.64. The molecule has 0 heterocycles. The Morgan fingerprint density at radius 2 is 1.88 bits per heavy atom. The number of hydrogen-bond donors (Lipinski definition) is 1. The molecular formula is C14H24N2O. The van der Waals surface area contributed by atoms with E-state index in [0.29, 0.717) is 12.6 Å². The van der Waals surface area contributed by atoms with Crippen LogP contribution in [0.3, 0.4) is 0 Å². The molecule has 96 valence electrons. The molecule has 0 fully saturated rings. The van der Waals surface area contributed by atoms with E-state index in [-0.39, 0.29) is 6.04 Å². The Bertz CT molecular complexity index is 300. The number of benzene rings is 1. The molecule has 0 aliphatic heterocycles. The van der Waals surface area contributed by atoms with Gasteiger partial charge in [0.2, 0.25) is 0 Å². The van der Waals surface area contributed by atoms with Crippen LogP contribution in [0, 0.1) is 0 Å². The average Bonchev–Trinajstić information content (AvgIpc) is 2.35. The van der Waals surface area contributed by atoms with E-state index in [1.807, 2.05) is 6.07 Å². The molecule has 0 saturated heterocycles. The normalized spacial score (nSPS) is 14.9. The minimum absolute atomic E-state index is 0.267. The number of ether oxygens (including phenoxy) is 1. The summed E-state index contributed by atoms with van der Waals surface area (Å²) in [4.78, 5) is 2.21. The molecule has 0 aromatic heterocycles. The second kappa shape index (κ2) is 7.43. The molecule has 0 aliphatic rings. The quantitative estimate of drug-likeness (QED) is 0.782. The maximum absolute atomic E-state index is 5.28. The summed E-state index contributed by atoms with van der Waals surface area (Å²) in [5.74, 6) is 0. The van der Waals surface area contributed by atoms with Gasteiger partial charge < -0.3 is 15.0 Å². The Balaban J connectivity index is 2.55. The lowest BCUT2D eigenvalue weighted by Gasteiger charge is -2.24. The largest absolute Gasteiger partial charge is 0.383 e. The van der Waals surface area contributed by atoms with Gasteiger partial charge in [-0.2, -0.15) is 0 Å². The lowest BCUT2D eigenvalue weighted by Crippen LogP contribution is -2.38. The van der Waals surface area contributed by atoms with Gasteiger partial charge in [0.25, 0.3) is 0 Å². The summed E-state index contributed by atoms with van der Waals surface area (Å²) in [7, 11) is 5.94. The highest BCUT2D eigenvalue weighted by atomic mass is 16.5. The highest BCUT2D eigenvalue weighted by molar-refractivity contribution is 5.18. The van der Waals surface area contributed by atoms with Gasteiger partial charge in [0.05, 0.1) is 12.6 Å². The van der Waals surface area contributed by atoms with Crippen molar-refractivity contribution in [2.75, 3.05) is 34.4 Å². The fraction of sp³-hybridized carbons (Fsp3) is 0.571. The van der Waals surface area contributed by atoms with Crippen molar-refractivity contribution in [2.45, 2.75) is 19.0 Å². The molecule has 0 amide bonds. The van der Waals surface area contributed by atoms with Gasteiger partial charge in [-0.05, 0) is 26.6 Å². The average molecular weight is 236 g/mol. The van der Waals surface area contributed by atoms with Gasteiger partial charge in [0.1, 0.15) is 0 Å². The predicted octanol–water partition coefficient (Wildman–Crippen LogP) is 1.91. The highest BCUT2D eigenvalue weighted by Crippen LogP contribution is 2.12. The first-order valence-electron chi connectivity index (χ1n) is 6.08. The van der Waals surface area contributed by atoms with Crippen molar-refractivity contribution in [2.24, 2.45) is 0 Å². The SMILES string of the molecule is COCC(NCC(C)N(C)C)c1ccccc1. The highest BCUT2D eigenvalue weighted by Gasteiger charge is 2.12. The minimum atomic E-state index is 0.267. The van der Waals surface area contributed by atoms with Crippen molar-refractivity contribution in [3.8, 4) is 0 Å². The molecule has 17 heavy (non-hydrogen) atoms. The Morgan fingerprint density at radius 1 is 1.24 bits per heavy atom. The van der Waals surface area contributed by atoms with Gasteiger partial charge in [-0.1, -0.05) is 30.3 Å². The minimum Gasteiger partial charge on any atom is -0.383 e. The first-order valence-corrected chi connectivity index (χ1v) is 6.08. The zero-order valence-electron chi connectivity index (χ0n) is 11.3. The van der Waals surface area contributed by atoms with E-state index in [1.54, 1.807) is 7.11 Å². The molecule has 3 nitrogen and oxygen atoms in total. The van der Waals surface area contributed by atoms with Crippen LogP contribution in [0.4, 0.5) is 0 Å². The van der Waals surface area contributed by atoms with Crippen molar-refractivity contribution < 1.29 is 4.74 Å². The Labute approximate surface area is 105 Å². The van der Waals surface area contributed by atoms with Gasteiger partial charge in [-0.15, -0.1) is 0 Å². The fourth-order valence-electron chi connectivity index (χ4n) is 1.62. The lowest BCUT2D eigenvalue weighted by molar-refractivity contribution is 0.161. The molecule has 0 saturated carbocycles. The number of nitrogens with zero attached hydrogens (tertiary/aromatic N) is 1. The standard InChI is InChI=1S/C14H24N2O/c1-12(16(2)3)10-15-14(11-17-4)13-8-6-5-7-9-13/h5-9,12,14-15H,10-11H2,1-4H3. The third-order valence-corrected chi connectivity index (χ3v) is 3.08. The molecule has 1 N–H and O–H groups in total. The molecule has 0 spiro atoms. The van der Waals surface area contributed by atoms with Crippen LogP contribution in [-0.4, -0.2) is 45.3 Å². The Hall–Kier alpha value is -0.900. The summed E-state index contributed by atoms with van der Waals surface area (Å²) in [6.07, 6.45) is 0. The summed E-state index contributed by atoms with van der Waals surface area (Å²) >= 11 is 0. The van der Waals surface area contributed by atoms with E-state index in [0.717, 1.165) is 6.54 Å². The van der Waals surface area contributed by atoms with E-state index in [4.69, 9.17) is 4.74 Å². The number of likely N-dealkylation sites (N-methyl/N-ethyl adjacent to an activating group) is 1. The van der Waals surface area contributed by atoms with Crippen molar-refractivity contribution in [3.63, 3.8) is 0 Å². The van der Waals surface area contributed by atoms with Gasteiger partial charge >= 0.3 is 0 Å². The summed E-state index contributed by atoms with van der Waals surface area (Å²) < 4.78 is 5.28.